The molecule has 0 amide bonds. The molecule has 15 heavy (non-hydrogen) atoms. The highest BCUT2D eigenvalue weighted by molar-refractivity contribution is 4.86. The van der Waals surface area contributed by atoms with Crippen LogP contribution in [-0.2, 0) is 0 Å². The Morgan fingerprint density at radius 1 is 1.00 bits per heavy atom. The summed E-state index contributed by atoms with van der Waals surface area (Å²) in [5.41, 5.74) is 0. The van der Waals surface area contributed by atoms with Gasteiger partial charge in [0.15, 0.2) is 0 Å². The number of alkyl halides is 2. The summed E-state index contributed by atoms with van der Waals surface area (Å²) in [6.45, 7) is 1.59. The summed E-state index contributed by atoms with van der Waals surface area (Å²) in [6, 6.07) is 0. The minimum Gasteiger partial charge on any atom is -0.316 e. The number of hydrogen-bond acceptors (Lipinski definition) is 1. The van der Waals surface area contributed by atoms with Crippen molar-refractivity contribution in [1.82, 2.24) is 5.32 Å². The predicted octanol–water partition coefficient (Wildman–Crippen LogP) is 3.20. The molecule has 1 saturated carbocycles. The number of rotatable bonds is 3. The van der Waals surface area contributed by atoms with Gasteiger partial charge >= 0.3 is 0 Å². The second-order valence-corrected chi connectivity index (χ2v) is 5.18. The molecular weight excluding hydrogens is 196 g/mol. The van der Waals surface area contributed by atoms with Crippen LogP contribution in [0.25, 0.3) is 0 Å². The van der Waals surface area contributed by atoms with Crippen molar-refractivity contribution in [3.8, 4) is 0 Å². The number of halogens is 2. The quantitative estimate of drug-likeness (QED) is 0.716. The standard InChI is InChI=1S/C12H21F2N/c13-12(14,7-10-8-15-9-10)11-5-3-1-2-4-6-11/h10-11,15H,1-9H2. The summed E-state index contributed by atoms with van der Waals surface area (Å²) in [4.78, 5) is 0. The third-order valence-electron chi connectivity index (χ3n) is 3.88. The Balaban J connectivity index is 1.86. The fraction of sp³-hybridized carbons (Fsp3) is 1.00. The largest absolute Gasteiger partial charge is 0.316 e. The summed E-state index contributed by atoms with van der Waals surface area (Å²) in [7, 11) is 0. The zero-order chi connectivity index (χ0) is 10.7. The van der Waals surface area contributed by atoms with Crippen molar-refractivity contribution in [3.63, 3.8) is 0 Å². The molecule has 0 aromatic heterocycles. The van der Waals surface area contributed by atoms with Crippen molar-refractivity contribution in [2.45, 2.75) is 50.9 Å². The molecule has 0 spiro atoms. The molecule has 1 aliphatic carbocycles. The topological polar surface area (TPSA) is 12.0 Å². The second-order valence-electron chi connectivity index (χ2n) is 5.18. The van der Waals surface area contributed by atoms with Gasteiger partial charge in [0.05, 0.1) is 0 Å². The van der Waals surface area contributed by atoms with Gasteiger partial charge in [0.2, 0.25) is 0 Å². The maximum atomic E-state index is 13.9. The second kappa shape index (κ2) is 4.77. The fourth-order valence-corrected chi connectivity index (χ4v) is 2.75. The lowest BCUT2D eigenvalue weighted by Gasteiger charge is -2.34. The SMILES string of the molecule is FC(F)(CC1CNC1)C1CCCCCC1. The van der Waals surface area contributed by atoms with Gasteiger partial charge in [-0.25, -0.2) is 8.78 Å². The van der Waals surface area contributed by atoms with E-state index in [0.29, 0.717) is 0 Å². The molecule has 3 heteroatoms. The van der Waals surface area contributed by atoms with Gasteiger partial charge < -0.3 is 5.32 Å². The molecule has 2 fully saturated rings. The zero-order valence-electron chi connectivity index (χ0n) is 9.27. The van der Waals surface area contributed by atoms with Crippen molar-refractivity contribution in [2.24, 2.45) is 11.8 Å². The van der Waals surface area contributed by atoms with E-state index >= 15 is 0 Å². The van der Waals surface area contributed by atoms with E-state index in [9.17, 15) is 8.78 Å². The van der Waals surface area contributed by atoms with Gasteiger partial charge in [-0.15, -0.1) is 0 Å². The Morgan fingerprint density at radius 3 is 2.07 bits per heavy atom. The molecule has 1 N–H and O–H groups in total. The molecule has 1 nitrogen and oxygen atoms in total. The Labute approximate surface area is 90.6 Å². The molecule has 1 saturated heterocycles. The molecule has 1 heterocycles. The Hall–Kier alpha value is -0.180. The number of nitrogens with one attached hydrogen (secondary N) is 1. The lowest BCUT2D eigenvalue weighted by atomic mass is 9.85. The van der Waals surface area contributed by atoms with Crippen LogP contribution in [-0.4, -0.2) is 19.0 Å². The van der Waals surface area contributed by atoms with E-state index in [4.69, 9.17) is 0 Å². The molecule has 0 aromatic carbocycles. The normalized spacial score (nSPS) is 26.0. The molecule has 0 bridgehead atoms. The smallest absolute Gasteiger partial charge is 0.251 e. The van der Waals surface area contributed by atoms with E-state index in [1.165, 1.54) is 0 Å². The van der Waals surface area contributed by atoms with E-state index in [1.807, 2.05) is 0 Å². The average molecular weight is 217 g/mol. The van der Waals surface area contributed by atoms with Crippen LogP contribution >= 0.6 is 0 Å². The van der Waals surface area contributed by atoms with Gasteiger partial charge in [-0.3, -0.25) is 0 Å². The first kappa shape index (κ1) is 11.3. The minimum atomic E-state index is -2.41. The third kappa shape index (κ3) is 2.90. The minimum absolute atomic E-state index is 0.116. The molecule has 1 aliphatic heterocycles. The summed E-state index contributed by atoms with van der Waals surface area (Å²) < 4.78 is 27.9. The molecule has 0 aromatic rings. The first-order valence-corrected chi connectivity index (χ1v) is 6.27. The van der Waals surface area contributed by atoms with E-state index in [0.717, 1.165) is 51.6 Å². The van der Waals surface area contributed by atoms with Gasteiger partial charge in [-0.1, -0.05) is 25.7 Å². The maximum absolute atomic E-state index is 13.9. The molecule has 2 aliphatic rings. The summed E-state index contributed by atoms with van der Waals surface area (Å²) in [6.07, 6.45) is 5.91. The highest BCUT2D eigenvalue weighted by Crippen LogP contribution is 2.40. The molecule has 2 rings (SSSR count). The van der Waals surface area contributed by atoms with Crippen LogP contribution in [0.15, 0.2) is 0 Å². The van der Waals surface area contributed by atoms with Crippen molar-refractivity contribution in [3.05, 3.63) is 0 Å². The van der Waals surface area contributed by atoms with Gasteiger partial charge in [0, 0.05) is 12.3 Å². The van der Waals surface area contributed by atoms with E-state index in [-0.39, 0.29) is 18.3 Å². The first-order valence-electron chi connectivity index (χ1n) is 6.27. The van der Waals surface area contributed by atoms with Crippen LogP contribution in [0, 0.1) is 11.8 Å². The third-order valence-corrected chi connectivity index (χ3v) is 3.88. The zero-order valence-corrected chi connectivity index (χ0v) is 9.27. The van der Waals surface area contributed by atoms with Gasteiger partial charge in [-0.2, -0.15) is 0 Å². The van der Waals surface area contributed by atoms with E-state index in [2.05, 4.69) is 5.32 Å². The average Bonchev–Trinajstić information content (AvgIpc) is 2.40. The monoisotopic (exact) mass is 217 g/mol. The van der Waals surface area contributed by atoms with Gasteiger partial charge in [-0.05, 0) is 31.8 Å². The Kier molecular flexibility index (Phi) is 3.60. The van der Waals surface area contributed by atoms with Crippen LogP contribution in [0.1, 0.15) is 44.9 Å². The first-order chi connectivity index (χ1) is 7.18. The van der Waals surface area contributed by atoms with Crippen LogP contribution in [0.4, 0.5) is 8.78 Å². The highest BCUT2D eigenvalue weighted by Gasteiger charge is 2.41. The molecule has 0 radical (unpaired) electrons. The summed E-state index contributed by atoms with van der Waals surface area (Å²) in [5.74, 6) is -2.51. The molecular formula is C12H21F2N. The summed E-state index contributed by atoms with van der Waals surface area (Å²) in [5, 5.41) is 3.07. The van der Waals surface area contributed by atoms with E-state index in [1.54, 1.807) is 0 Å². The van der Waals surface area contributed by atoms with Crippen molar-refractivity contribution >= 4 is 0 Å². The van der Waals surface area contributed by atoms with Gasteiger partial charge in [0.25, 0.3) is 5.92 Å². The molecule has 88 valence electrons. The maximum Gasteiger partial charge on any atom is 0.251 e. The van der Waals surface area contributed by atoms with Crippen molar-refractivity contribution in [1.29, 1.82) is 0 Å². The molecule has 0 unspecified atom stereocenters. The predicted molar refractivity (Wildman–Crippen MR) is 57.1 cm³/mol. The van der Waals surface area contributed by atoms with Crippen LogP contribution in [0.3, 0.4) is 0 Å². The Bertz CT molecular complexity index is 194. The van der Waals surface area contributed by atoms with Gasteiger partial charge in [0.1, 0.15) is 0 Å². The number of hydrogen-bond donors (Lipinski definition) is 1. The highest BCUT2D eigenvalue weighted by atomic mass is 19.3. The lowest BCUT2D eigenvalue weighted by molar-refractivity contribution is -0.0865. The van der Waals surface area contributed by atoms with Crippen LogP contribution in [0.5, 0.6) is 0 Å². The molecule has 0 atom stereocenters. The van der Waals surface area contributed by atoms with Crippen molar-refractivity contribution in [2.75, 3.05) is 13.1 Å². The van der Waals surface area contributed by atoms with Crippen molar-refractivity contribution < 1.29 is 8.78 Å². The van der Waals surface area contributed by atoms with E-state index < -0.39 is 5.92 Å². The van der Waals surface area contributed by atoms with Crippen LogP contribution in [0.2, 0.25) is 0 Å². The Morgan fingerprint density at radius 2 is 1.60 bits per heavy atom. The fourth-order valence-electron chi connectivity index (χ4n) is 2.75. The van der Waals surface area contributed by atoms with Crippen LogP contribution < -0.4 is 5.32 Å². The summed E-state index contributed by atoms with van der Waals surface area (Å²) >= 11 is 0. The lowest BCUT2D eigenvalue weighted by Crippen LogP contribution is -2.46.